The fourth-order valence-corrected chi connectivity index (χ4v) is 2.59. The summed E-state index contributed by atoms with van der Waals surface area (Å²) in [6.07, 6.45) is -3.72. The van der Waals surface area contributed by atoms with Crippen LogP contribution in [0.2, 0.25) is 0 Å². The predicted octanol–water partition coefficient (Wildman–Crippen LogP) is 3.63. The van der Waals surface area contributed by atoms with Crippen molar-refractivity contribution in [3.05, 3.63) is 63.5 Å². The van der Waals surface area contributed by atoms with Gasteiger partial charge in [-0.15, -0.1) is 11.3 Å². The Bertz CT molecular complexity index is 834. The van der Waals surface area contributed by atoms with E-state index in [1.54, 1.807) is 6.07 Å². The molecule has 22 heavy (non-hydrogen) atoms. The van der Waals surface area contributed by atoms with Gasteiger partial charge < -0.3 is 9.09 Å². The van der Waals surface area contributed by atoms with Crippen LogP contribution in [0.3, 0.4) is 0 Å². The zero-order valence-corrected chi connectivity index (χ0v) is 11.8. The van der Waals surface area contributed by atoms with Crippen LogP contribution in [0.25, 0.3) is 10.6 Å². The number of aromatic nitrogens is 2. The second kappa shape index (κ2) is 5.45. The Kier molecular flexibility index (Phi) is 3.61. The lowest BCUT2D eigenvalue weighted by Gasteiger charge is -2.09. The topological polar surface area (TPSA) is 48.0 Å². The van der Waals surface area contributed by atoms with E-state index in [1.165, 1.54) is 11.3 Å². The SMILES string of the molecule is O=c1ccc(C(F)(F)F)cn1Cc1cc(-c2cccs2)on1. The molecule has 0 bridgehead atoms. The molecule has 0 aromatic carbocycles. The van der Waals surface area contributed by atoms with Crippen molar-refractivity contribution in [2.24, 2.45) is 0 Å². The summed E-state index contributed by atoms with van der Waals surface area (Å²) in [5.74, 6) is 0.519. The molecule has 0 atom stereocenters. The van der Waals surface area contributed by atoms with Gasteiger partial charge in [-0.1, -0.05) is 11.2 Å². The first-order chi connectivity index (χ1) is 10.4. The third-order valence-electron chi connectivity index (χ3n) is 2.97. The molecule has 4 nitrogen and oxygen atoms in total. The Labute approximate surface area is 126 Å². The third-order valence-corrected chi connectivity index (χ3v) is 3.85. The molecule has 0 aliphatic carbocycles. The number of rotatable bonds is 3. The van der Waals surface area contributed by atoms with Crippen LogP contribution in [0.15, 0.2) is 51.2 Å². The number of pyridine rings is 1. The lowest BCUT2D eigenvalue weighted by atomic mass is 10.2. The summed E-state index contributed by atoms with van der Waals surface area (Å²) in [7, 11) is 0. The fraction of sp³-hybridized carbons (Fsp3) is 0.143. The molecule has 0 saturated heterocycles. The standard InChI is InChI=1S/C14H9F3N2O2S/c15-14(16,17)9-3-4-13(20)19(7-9)8-10-6-11(21-18-10)12-2-1-5-22-12/h1-7H,8H2. The first-order valence-corrected chi connectivity index (χ1v) is 7.08. The van der Waals surface area contributed by atoms with Crippen LogP contribution in [-0.4, -0.2) is 9.72 Å². The second-order valence-electron chi connectivity index (χ2n) is 4.54. The molecule has 0 aliphatic heterocycles. The number of hydrogen-bond acceptors (Lipinski definition) is 4. The van der Waals surface area contributed by atoms with Crippen LogP contribution in [0.1, 0.15) is 11.3 Å². The van der Waals surface area contributed by atoms with Gasteiger partial charge >= 0.3 is 6.18 Å². The summed E-state index contributed by atoms with van der Waals surface area (Å²) in [5.41, 5.74) is -1.03. The minimum absolute atomic E-state index is 0.0857. The van der Waals surface area contributed by atoms with E-state index in [2.05, 4.69) is 5.16 Å². The molecule has 0 spiro atoms. The highest BCUT2D eigenvalue weighted by molar-refractivity contribution is 7.13. The smallest absolute Gasteiger partial charge is 0.355 e. The molecule has 0 N–H and O–H groups in total. The van der Waals surface area contributed by atoms with Gasteiger partial charge in [0.25, 0.3) is 5.56 Å². The molecule has 3 aromatic rings. The van der Waals surface area contributed by atoms with Crippen LogP contribution in [-0.2, 0) is 12.7 Å². The van der Waals surface area contributed by atoms with Gasteiger partial charge in [0, 0.05) is 18.3 Å². The lowest BCUT2D eigenvalue weighted by molar-refractivity contribution is -0.138. The third kappa shape index (κ3) is 2.96. The summed E-state index contributed by atoms with van der Waals surface area (Å²) < 4.78 is 44.1. The minimum Gasteiger partial charge on any atom is -0.355 e. The molecule has 0 aliphatic rings. The normalized spacial score (nSPS) is 11.8. The van der Waals surface area contributed by atoms with Crippen molar-refractivity contribution in [1.82, 2.24) is 9.72 Å². The van der Waals surface area contributed by atoms with Gasteiger partial charge in [0.2, 0.25) is 0 Å². The van der Waals surface area contributed by atoms with Crippen LogP contribution in [0, 0.1) is 0 Å². The van der Waals surface area contributed by atoms with E-state index < -0.39 is 17.3 Å². The molecule has 0 unspecified atom stereocenters. The highest BCUT2D eigenvalue weighted by Crippen LogP contribution is 2.28. The molecule has 0 saturated carbocycles. The number of halogens is 3. The molecule has 114 valence electrons. The minimum atomic E-state index is -4.50. The van der Waals surface area contributed by atoms with Crippen molar-refractivity contribution in [2.75, 3.05) is 0 Å². The molecule has 3 aromatic heterocycles. The number of nitrogens with zero attached hydrogens (tertiary/aromatic N) is 2. The summed E-state index contributed by atoms with van der Waals surface area (Å²) in [4.78, 5) is 12.5. The predicted molar refractivity (Wildman–Crippen MR) is 74.6 cm³/mol. The number of thiophene rings is 1. The van der Waals surface area contributed by atoms with Crippen molar-refractivity contribution in [1.29, 1.82) is 0 Å². The van der Waals surface area contributed by atoms with E-state index in [9.17, 15) is 18.0 Å². The van der Waals surface area contributed by atoms with Crippen molar-refractivity contribution >= 4 is 11.3 Å². The van der Waals surface area contributed by atoms with Crippen LogP contribution < -0.4 is 5.56 Å². The van der Waals surface area contributed by atoms with E-state index in [1.807, 2.05) is 17.5 Å². The van der Waals surface area contributed by atoms with Crippen molar-refractivity contribution in [3.63, 3.8) is 0 Å². The summed E-state index contributed by atoms with van der Waals surface area (Å²) in [6.45, 7) is -0.0857. The van der Waals surface area contributed by atoms with Crippen molar-refractivity contribution < 1.29 is 17.7 Å². The van der Waals surface area contributed by atoms with Crippen LogP contribution in [0.5, 0.6) is 0 Å². The Balaban J connectivity index is 1.89. The molecule has 8 heteroatoms. The monoisotopic (exact) mass is 326 g/mol. The van der Waals surface area contributed by atoms with Gasteiger partial charge in [0.15, 0.2) is 5.76 Å². The highest BCUT2D eigenvalue weighted by Gasteiger charge is 2.31. The first kappa shape index (κ1) is 14.6. The highest BCUT2D eigenvalue weighted by atomic mass is 32.1. The average Bonchev–Trinajstić information content (AvgIpc) is 3.10. The second-order valence-corrected chi connectivity index (χ2v) is 5.49. The van der Waals surface area contributed by atoms with Crippen LogP contribution >= 0.6 is 11.3 Å². The largest absolute Gasteiger partial charge is 0.417 e. The van der Waals surface area contributed by atoms with Gasteiger partial charge in [-0.2, -0.15) is 13.2 Å². The molecular formula is C14H9F3N2O2S. The lowest BCUT2D eigenvalue weighted by Crippen LogP contribution is -2.22. The average molecular weight is 326 g/mol. The summed E-state index contributed by atoms with van der Waals surface area (Å²) >= 11 is 1.45. The Morgan fingerprint density at radius 3 is 2.77 bits per heavy atom. The Morgan fingerprint density at radius 1 is 1.27 bits per heavy atom. The zero-order chi connectivity index (χ0) is 15.7. The quantitative estimate of drug-likeness (QED) is 0.738. The maximum atomic E-state index is 12.7. The van der Waals surface area contributed by atoms with E-state index in [0.29, 0.717) is 11.5 Å². The van der Waals surface area contributed by atoms with Crippen LogP contribution in [0.4, 0.5) is 13.2 Å². The molecule has 0 radical (unpaired) electrons. The van der Waals surface area contributed by atoms with E-state index in [4.69, 9.17) is 4.52 Å². The first-order valence-electron chi connectivity index (χ1n) is 6.20. The summed E-state index contributed by atoms with van der Waals surface area (Å²) in [6, 6.07) is 6.95. The maximum Gasteiger partial charge on any atom is 0.417 e. The molecule has 3 rings (SSSR count). The van der Waals surface area contributed by atoms with Crippen molar-refractivity contribution in [3.8, 4) is 10.6 Å². The van der Waals surface area contributed by atoms with E-state index in [-0.39, 0.29) is 6.54 Å². The number of alkyl halides is 3. The van der Waals surface area contributed by atoms with E-state index in [0.717, 1.165) is 27.8 Å². The maximum absolute atomic E-state index is 12.7. The Morgan fingerprint density at radius 2 is 2.09 bits per heavy atom. The Hall–Kier alpha value is -2.35. The molecule has 0 fully saturated rings. The van der Waals surface area contributed by atoms with Gasteiger partial charge in [-0.25, -0.2) is 0 Å². The van der Waals surface area contributed by atoms with Gasteiger partial charge in [0.05, 0.1) is 17.0 Å². The molecule has 3 heterocycles. The fourth-order valence-electron chi connectivity index (χ4n) is 1.92. The summed E-state index contributed by atoms with van der Waals surface area (Å²) in [5, 5.41) is 5.66. The van der Waals surface area contributed by atoms with Gasteiger partial charge in [-0.05, 0) is 17.5 Å². The van der Waals surface area contributed by atoms with Gasteiger partial charge in [-0.3, -0.25) is 4.79 Å². The molecular weight excluding hydrogens is 317 g/mol. The number of hydrogen-bond donors (Lipinski definition) is 0. The molecule has 0 amide bonds. The van der Waals surface area contributed by atoms with Gasteiger partial charge in [0.1, 0.15) is 5.69 Å². The zero-order valence-electron chi connectivity index (χ0n) is 11.0. The van der Waals surface area contributed by atoms with Crippen molar-refractivity contribution in [2.45, 2.75) is 12.7 Å². The van der Waals surface area contributed by atoms with E-state index >= 15 is 0 Å².